The van der Waals surface area contributed by atoms with E-state index in [-0.39, 0.29) is 5.78 Å². The predicted octanol–water partition coefficient (Wildman–Crippen LogP) is 1.54. The molecule has 0 saturated carbocycles. The van der Waals surface area contributed by atoms with Crippen LogP contribution in [0.25, 0.3) is 0 Å². The van der Waals surface area contributed by atoms with Crippen molar-refractivity contribution in [1.82, 2.24) is 9.97 Å². The summed E-state index contributed by atoms with van der Waals surface area (Å²) in [7, 11) is 0. The highest BCUT2D eigenvalue weighted by Gasteiger charge is 2.04. The third-order valence-corrected chi connectivity index (χ3v) is 1.39. The van der Waals surface area contributed by atoms with Gasteiger partial charge in [0.05, 0.1) is 0 Å². The maximum atomic E-state index is 11.2. The monoisotopic (exact) mass is 162 g/mol. The number of nitrogens with zero attached hydrogens (tertiary/aromatic N) is 2. The van der Waals surface area contributed by atoms with E-state index in [2.05, 4.69) is 16.5 Å². The van der Waals surface area contributed by atoms with E-state index in [1.54, 1.807) is 25.3 Å². The van der Waals surface area contributed by atoms with E-state index >= 15 is 0 Å². The number of hydrogen-bond acceptors (Lipinski definition) is 3. The van der Waals surface area contributed by atoms with Gasteiger partial charge in [-0.2, -0.15) is 0 Å². The van der Waals surface area contributed by atoms with Crippen LogP contribution in [0.4, 0.5) is 0 Å². The van der Waals surface area contributed by atoms with Gasteiger partial charge in [0.1, 0.15) is 11.5 Å². The Labute approximate surface area is 71.2 Å². The first-order valence-corrected chi connectivity index (χ1v) is 3.68. The fraction of sp³-hybridized carbons (Fsp3) is 0.222. The highest BCUT2D eigenvalue weighted by molar-refractivity contribution is 5.94. The summed E-state index contributed by atoms with van der Waals surface area (Å²) < 4.78 is 0. The molecule has 1 rings (SSSR count). The lowest BCUT2D eigenvalue weighted by Crippen LogP contribution is -2.02. The van der Waals surface area contributed by atoms with Crippen molar-refractivity contribution in [2.75, 3.05) is 0 Å². The predicted molar refractivity (Wildman–Crippen MR) is 45.9 cm³/mol. The molecular weight excluding hydrogens is 152 g/mol. The van der Waals surface area contributed by atoms with Gasteiger partial charge in [0.15, 0.2) is 5.78 Å². The Morgan fingerprint density at radius 1 is 1.75 bits per heavy atom. The minimum atomic E-state index is -0.0181. The van der Waals surface area contributed by atoms with Gasteiger partial charge in [-0.25, -0.2) is 9.97 Å². The maximum Gasteiger partial charge on any atom is 0.185 e. The van der Waals surface area contributed by atoms with E-state index in [1.807, 2.05) is 0 Å². The standard InChI is InChI=1S/C9H10N2O/c1-3-4-9(12)8-5-6-10-7(2)11-8/h3,5-6H,1,4H2,2H3. The second kappa shape index (κ2) is 3.76. The fourth-order valence-electron chi connectivity index (χ4n) is 0.847. The van der Waals surface area contributed by atoms with Crippen LogP contribution in [0, 0.1) is 6.92 Å². The smallest absolute Gasteiger partial charge is 0.185 e. The van der Waals surface area contributed by atoms with Gasteiger partial charge in [-0.15, -0.1) is 6.58 Å². The van der Waals surface area contributed by atoms with Gasteiger partial charge in [0.2, 0.25) is 0 Å². The number of Topliss-reactive ketones (excluding diaryl/α,β-unsaturated/α-hetero) is 1. The van der Waals surface area contributed by atoms with Gasteiger partial charge in [0.25, 0.3) is 0 Å². The normalized spacial score (nSPS) is 9.42. The molecule has 1 aromatic rings. The largest absolute Gasteiger partial charge is 0.292 e. The van der Waals surface area contributed by atoms with E-state index in [0.29, 0.717) is 17.9 Å². The average molecular weight is 162 g/mol. The molecule has 0 saturated heterocycles. The van der Waals surface area contributed by atoms with Crippen LogP contribution in [-0.2, 0) is 0 Å². The van der Waals surface area contributed by atoms with E-state index < -0.39 is 0 Å². The summed E-state index contributed by atoms with van der Waals surface area (Å²) >= 11 is 0. The minimum absolute atomic E-state index is 0.0181. The van der Waals surface area contributed by atoms with E-state index in [1.165, 1.54) is 0 Å². The van der Waals surface area contributed by atoms with Crippen molar-refractivity contribution >= 4 is 5.78 Å². The Bertz CT molecular complexity index is 307. The number of allylic oxidation sites excluding steroid dienone is 1. The highest BCUT2D eigenvalue weighted by Crippen LogP contribution is 1.99. The number of aryl methyl sites for hydroxylation is 1. The van der Waals surface area contributed by atoms with Crippen molar-refractivity contribution in [3.05, 3.63) is 36.4 Å². The number of rotatable bonds is 3. The third kappa shape index (κ3) is 1.99. The molecule has 0 bridgehead atoms. The second-order valence-corrected chi connectivity index (χ2v) is 2.41. The Balaban J connectivity index is 2.87. The van der Waals surface area contributed by atoms with Crippen LogP contribution in [-0.4, -0.2) is 15.8 Å². The van der Waals surface area contributed by atoms with Gasteiger partial charge in [-0.05, 0) is 13.0 Å². The van der Waals surface area contributed by atoms with Gasteiger partial charge in [0, 0.05) is 12.6 Å². The van der Waals surface area contributed by atoms with Crippen LogP contribution in [0.1, 0.15) is 22.7 Å². The molecule has 0 aromatic carbocycles. The lowest BCUT2D eigenvalue weighted by atomic mass is 10.2. The Morgan fingerprint density at radius 3 is 3.08 bits per heavy atom. The van der Waals surface area contributed by atoms with Crippen LogP contribution >= 0.6 is 0 Å². The number of aromatic nitrogens is 2. The zero-order valence-corrected chi connectivity index (χ0v) is 6.95. The van der Waals surface area contributed by atoms with Crippen LogP contribution in [0.2, 0.25) is 0 Å². The Morgan fingerprint density at radius 2 is 2.50 bits per heavy atom. The molecule has 62 valence electrons. The number of ketones is 1. The van der Waals surface area contributed by atoms with E-state index in [9.17, 15) is 4.79 Å². The topological polar surface area (TPSA) is 42.9 Å². The molecule has 0 aliphatic carbocycles. The van der Waals surface area contributed by atoms with Crippen LogP contribution in [0.5, 0.6) is 0 Å². The molecule has 0 aliphatic heterocycles. The molecule has 3 heteroatoms. The average Bonchev–Trinajstić information content (AvgIpc) is 2.05. The molecule has 0 radical (unpaired) electrons. The number of carbonyl (C=O) groups excluding carboxylic acids is 1. The SMILES string of the molecule is C=CCC(=O)c1ccnc(C)n1. The van der Waals surface area contributed by atoms with Crippen molar-refractivity contribution in [3.63, 3.8) is 0 Å². The van der Waals surface area contributed by atoms with Crippen molar-refractivity contribution in [2.45, 2.75) is 13.3 Å². The summed E-state index contributed by atoms with van der Waals surface area (Å²) in [6.07, 6.45) is 3.48. The lowest BCUT2D eigenvalue weighted by molar-refractivity contribution is 0.0991. The van der Waals surface area contributed by atoms with E-state index in [0.717, 1.165) is 0 Å². The summed E-state index contributed by atoms with van der Waals surface area (Å²) in [6, 6.07) is 1.61. The van der Waals surface area contributed by atoms with Gasteiger partial charge < -0.3 is 0 Å². The van der Waals surface area contributed by atoms with Crippen molar-refractivity contribution in [1.29, 1.82) is 0 Å². The Kier molecular flexibility index (Phi) is 2.69. The lowest BCUT2D eigenvalue weighted by Gasteiger charge is -1.96. The maximum absolute atomic E-state index is 11.2. The van der Waals surface area contributed by atoms with Crippen molar-refractivity contribution < 1.29 is 4.79 Å². The summed E-state index contributed by atoms with van der Waals surface area (Å²) in [5, 5.41) is 0. The van der Waals surface area contributed by atoms with E-state index in [4.69, 9.17) is 0 Å². The molecule has 0 unspecified atom stereocenters. The fourth-order valence-corrected chi connectivity index (χ4v) is 0.847. The third-order valence-electron chi connectivity index (χ3n) is 1.39. The zero-order valence-electron chi connectivity index (χ0n) is 6.95. The molecule has 1 aromatic heterocycles. The summed E-state index contributed by atoms with van der Waals surface area (Å²) in [5.41, 5.74) is 0.461. The second-order valence-electron chi connectivity index (χ2n) is 2.41. The van der Waals surface area contributed by atoms with Crippen LogP contribution < -0.4 is 0 Å². The number of hydrogen-bond donors (Lipinski definition) is 0. The molecular formula is C9H10N2O. The minimum Gasteiger partial charge on any atom is -0.292 e. The molecule has 12 heavy (non-hydrogen) atoms. The molecule has 0 N–H and O–H groups in total. The summed E-state index contributed by atoms with van der Waals surface area (Å²) in [5.74, 6) is 0.598. The first-order chi connectivity index (χ1) is 5.74. The molecule has 3 nitrogen and oxygen atoms in total. The molecule has 0 spiro atoms. The highest BCUT2D eigenvalue weighted by atomic mass is 16.1. The molecule has 0 aliphatic rings. The summed E-state index contributed by atoms with van der Waals surface area (Å²) in [4.78, 5) is 19.1. The van der Waals surface area contributed by atoms with Crippen LogP contribution in [0.15, 0.2) is 24.9 Å². The molecule has 0 atom stereocenters. The molecule has 0 amide bonds. The van der Waals surface area contributed by atoms with Crippen molar-refractivity contribution in [2.24, 2.45) is 0 Å². The zero-order chi connectivity index (χ0) is 8.97. The molecule has 0 fully saturated rings. The van der Waals surface area contributed by atoms with Crippen LogP contribution in [0.3, 0.4) is 0 Å². The quantitative estimate of drug-likeness (QED) is 0.500. The van der Waals surface area contributed by atoms with Gasteiger partial charge >= 0.3 is 0 Å². The molecule has 1 heterocycles. The van der Waals surface area contributed by atoms with Gasteiger partial charge in [-0.1, -0.05) is 6.08 Å². The Hall–Kier alpha value is -1.51. The first-order valence-electron chi connectivity index (χ1n) is 3.68. The first kappa shape index (κ1) is 8.59. The summed E-state index contributed by atoms with van der Waals surface area (Å²) in [6.45, 7) is 5.24. The van der Waals surface area contributed by atoms with Gasteiger partial charge in [-0.3, -0.25) is 4.79 Å². The number of carbonyl (C=O) groups is 1. The van der Waals surface area contributed by atoms with Crippen molar-refractivity contribution in [3.8, 4) is 0 Å².